The molecule has 1 saturated heterocycles. The normalized spacial score (nSPS) is 18.5. The summed E-state index contributed by atoms with van der Waals surface area (Å²) in [5.41, 5.74) is 1.98. The topological polar surface area (TPSA) is 78.5 Å². The predicted molar refractivity (Wildman–Crippen MR) is 117 cm³/mol. The Balaban J connectivity index is 1.43. The molecule has 0 spiro atoms. The van der Waals surface area contributed by atoms with E-state index in [0.717, 1.165) is 20.7 Å². The molecule has 1 heterocycles. The second kappa shape index (κ2) is 8.20. The van der Waals surface area contributed by atoms with Gasteiger partial charge in [0.25, 0.3) is 5.91 Å². The quantitative estimate of drug-likeness (QED) is 0.470. The lowest BCUT2D eigenvalue weighted by atomic mass is 9.87. The molecule has 0 aliphatic carbocycles. The van der Waals surface area contributed by atoms with Gasteiger partial charge in [-0.1, -0.05) is 67.6 Å². The second-order valence-corrected chi connectivity index (χ2v) is 8.08. The fraction of sp³-hybridized carbons (Fsp3) is 0.174. The number of imide groups is 1. The van der Waals surface area contributed by atoms with E-state index in [1.807, 2.05) is 67.6 Å². The first kappa shape index (κ1) is 20.0. The molecule has 4 amide bonds. The molecule has 3 aromatic carbocycles. The van der Waals surface area contributed by atoms with Crippen LogP contribution in [0.25, 0.3) is 10.8 Å². The Bertz CT molecular complexity index is 1120. The second-order valence-electron chi connectivity index (χ2n) is 7.03. The lowest BCUT2D eigenvalue weighted by Crippen LogP contribution is -2.49. The number of fused-ring (bicyclic) bond motifs is 1. The van der Waals surface area contributed by atoms with Gasteiger partial charge in [-0.15, -0.1) is 11.8 Å². The molecular formula is C23H21N3O3S. The van der Waals surface area contributed by atoms with Crippen LogP contribution in [0, 0.1) is 0 Å². The molecule has 1 aliphatic heterocycles. The minimum absolute atomic E-state index is 0.0832. The minimum atomic E-state index is -1.17. The summed E-state index contributed by atoms with van der Waals surface area (Å²) in [6.45, 7) is 1.83. The number of benzene rings is 3. The SMILES string of the molecule is CCC1(c2ccccc2)NC(=O)N(NC(=O)CSc2ccc3ccccc3c2)C1=O. The van der Waals surface area contributed by atoms with Crippen LogP contribution in [0.15, 0.2) is 77.7 Å². The van der Waals surface area contributed by atoms with Crippen LogP contribution in [0.2, 0.25) is 0 Å². The van der Waals surface area contributed by atoms with Gasteiger partial charge in [0.15, 0.2) is 0 Å². The van der Waals surface area contributed by atoms with Gasteiger partial charge in [0.1, 0.15) is 5.54 Å². The number of hydrogen-bond acceptors (Lipinski definition) is 4. The van der Waals surface area contributed by atoms with Crippen LogP contribution in [0.1, 0.15) is 18.9 Å². The van der Waals surface area contributed by atoms with Crippen LogP contribution >= 0.6 is 11.8 Å². The lowest BCUT2D eigenvalue weighted by Gasteiger charge is -2.25. The third-order valence-electron chi connectivity index (χ3n) is 5.22. The highest BCUT2D eigenvalue weighted by Crippen LogP contribution is 2.31. The molecule has 0 bridgehead atoms. The monoisotopic (exact) mass is 419 g/mol. The molecule has 30 heavy (non-hydrogen) atoms. The van der Waals surface area contributed by atoms with Gasteiger partial charge in [-0.05, 0) is 34.9 Å². The molecule has 6 nitrogen and oxygen atoms in total. The van der Waals surface area contributed by atoms with Crippen LogP contribution in [-0.4, -0.2) is 28.6 Å². The van der Waals surface area contributed by atoms with Crippen molar-refractivity contribution < 1.29 is 14.4 Å². The number of nitrogens with one attached hydrogen (secondary N) is 2. The van der Waals surface area contributed by atoms with Gasteiger partial charge in [0.2, 0.25) is 5.91 Å². The van der Waals surface area contributed by atoms with Crippen molar-refractivity contribution in [3.63, 3.8) is 0 Å². The molecule has 3 aromatic rings. The summed E-state index contributed by atoms with van der Waals surface area (Å²) < 4.78 is 0. The summed E-state index contributed by atoms with van der Waals surface area (Å²) in [5.74, 6) is -0.818. The van der Waals surface area contributed by atoms with E-state index in [1.165, 1.54) is 11.8 Å². The molecule has 1 fully saturated rings. The summed E-state index contributed by atoms with van der Waals surface area (Å²) in [7, 11) is 0. The van der Waals surface area contributed by atoms with Crippen molar-refractivity contribution >= 4 is 40.4 Å². The third-order valence-corrected chi connectivity index (χ3v) is 6.21. The number of hydrazine groups is 1. The largest absolute Gasteiger partial charge is 0.344 e. The van der Waals surface area contributed by atoms with E-state index in [-0.39, 0.29) is 5.75 Å². The zero-order valence-corrected chi connectivity index (χ0v) is 17.2. The van der Waals surface area contributed by atoms with Crippen molar-refractivity contribution in [3.8, 4) is 0 Å². The fourth-order valence-corrected chi connectivity index (χ4v) is 4.34. The van der Waals surface area contributed by atoms with Crippen LogP contribution in [0.3, 0.4) is 0 Å². The molecule has 0 aromatic heterocycles. The fourth-order valence-electron chi connectivity index (χ4n) is 3.60. The van der Waals surface area contributed by atoms with Gasteiger partial charge < -0.3 is 5.32 Å². The maximum atomic E-state index is 13.0. The van der Waals surface area contributed by atoms with Crippen molar-refractivity contribution in [2.45, 2.75) is 23.8 Å². The van der Waals surface area contributed by atoms with Crippen LogP contribution in [0.4, 0.5) is 4.79 Å². The van der Waals surface area contributed by atoms with Gasteiger partial charge in [-0.2, -0.15) is 5.01 Å². The maximum Gasteiger partial charge on any atom is 0.344 e. The van der Waals surface area contributed by atoms with Gasteiger partial charge in [-0.25, -0.2) is 4.79 Å². The Morgan fingerprint density at radius 3 is 2.43 bits per heavy atom. The Labute approximate surface area is 178 Å². The highest BCUT2D eigenvalue weighted by Gasteiger charge is 2.52. The summed E-state index contributed by atoms with van der Waals surface area (Å²) >= 11 is 1.35. The Morgan fingerprint density at radius 1 is 1.00 bits per heavy atom. The number of carbonyl (C=O) groups excluding carboxylic acids is 3. The molecule has 0 saturated carbocycles. The molecule has 4 rings (SSSR count). The van der Waals surface area contributed by atoms with E-state index in [9.17, 15) is 14.4 Å². The van der Waals surface area contributed by atoms with E-state index < -0.39 is 23.4 Å². The van der Waals surface area contributed by atoms with Crippen molar-refractivity contribution in [1.29, 1.82) is 0 Å². The first-order chi connectivity index (χ1) is 14.5. The summed E-state index contributed by atoms with van der Waals surface area (Å²) in [5, 5.41) is 5.76. The van der Waals surface area contributed by atoms with Crippen molar-refractivity contribution in [2.75, 3.05) is 5.75 Å². The first-order valence-electron chi connectivity index (χ1n) is 9.67. The minimum Gasteiger partial charge on any atom is -0.318 e. The van der Waals surface area contributed by atoms with Crippen LogP contribution in [0.5, 0.6) is 0 Å². The summed E-state index contributed by atoms with van der Waals surface area (Å²) in [4.78, 5) is 38.9. The maximum absolute atomic E-state index is 13.0. The molecule has 1 aliphatic rings. The molecule has 0 radical (unpaired) electrons. The van der Waals surface area contributed by atoms with Gasteiger partial charge in [-0.3, -0.25) is 15.0 Å². The zero-order chi connectivity index (χ0) is 21.1. The van der Waals surface area contributed by atoms with Gasteiger partial charge in [0.05, 0.1) is 5.75 Å². The predicted octanol–water partition coefficient (Wildman–Crippen LogP) is 3.82. The van der Waals surface area contributed by atoms with Crippen LogP contribution in [-0.2, 0) is 15.1 Å². The molecule has 7 heteroatoms. The molecule has 1 atom stereocenters. The average Bonchev–Trinajstić information content (AvgIpc) is 3.03. The zero-order valence-electron chi connectivity index (χ0n) is 16.4. The molecular weight excluding hydrogens is 398 g/mol. The standard InChI is InChI=1S/C23H21N3O3S/c1-2-23(18-10-4-3-5-11-18)21(28)26(22(29)24-23)25-20(27)15-30-19-13-12-16-8-6-7-9-17(16)14-19/h3-14H,2,15H2,1H3,(H,24,29)(H,25,27). The number of rotatable bonds is 6. The molecule has 2 N–H and O–H groups in total. The number of amides is 4. The molecule has 152 valence electrons. The summed E-state index contributed by atoms with van der Waals surface area (Å²) in [6, 6.07) is 22.4. The lowest BCUT2D eigenvalue weighted by molar-refractivity contribution is -0.138. The highest BCUT2D eigenvalue weighted by molar-refractivity contribution is 8.00. The number of carbonyl (C=O) groups is 3. The third kappa shape index (κ3) is 3.64. The van der Waals surface area contributed by atoms with E-state index in [0.29, 0.717) is 12.0 Å². The van der Waals surface area contributed by atoms with E-state index in [4.69, 9.17) is 0 Å². The van der Waals surface area contributed by atoms with Crippen molar-refractivity contribution in [3.05, 3.63) is 78.4 Å². The number of hydrogen-bond donors (Lipinski definition) is 2. The Hall–Kier alpha value is -3.32. The number of urea groups is 1. The Kier molecular flexibility index (Phi) is 5.46. The average molecular weight is 420 g/mol. The smallest absolute Gasteiger partial charge is 0.318 e. The highest BCUT2D eigenvalue weighted by atomic mass is 32.2. The van der Waals surface area contributed by atoms with Crippen molar-refractivity contribution in [2.24, 2.45) is 0 Å². The number of thioether (sulfide) groups is 1. The number of nitrogens with zero attached hydrogens (tertiary/aromatic N) is 1. The molecule has 1 unspecified atom stereocenters. The summed E-state index contributed by atoms with van der Waals surface area (Å²) in [6.07, 6.45) is 0.375. The van der Waals surface area contributed by atoms with Crippen molar-refractivity contribution in [1.82, 2.24) is 15.8 Å². The van der Waals surface area contributed by atoms with Crippen LogP contribution < -0.4 is 10.7 Å². The van der Waals surface area contributed by atoms with Gasteiger partial charge in [0, 0.05) is 4.90 Å². The Morgan fingerprint density at radius 2 is 1.70 bits per heavy atom. The van der Waals surface area contributed by atoms with E-state index in [2.05, 4.69) is 10.7 Å². The first-order valence-corrected chi connectivity index (χ1v) is 10.7. The van der Waals surface area contributed by atoms with E-state index in [1.54, 1.807) is 12.1 Å². The van der Waals surface area contributed by atoms with E-state index >= 15 is 0 Å². The van der Waals surface area contributed by atoms with Gasteiger partial charge >= 0.3 is 6.03 Å².